The molecule has 0 saturated heterocycles. The summed E-state index contributed by atoms with van der Waals surface area (Å²) in [6, 6.07) is 1.72. The Kier molecular flexibility index (Phi) is 4.83. The molecule has 18 heavy (non-hydrogen) atoms. The van der Waals surface area contributed by atoms with E-state index in [0.717, 1.165) is 12.1 Å². The topological polar surface area (TPSA) is 35.5 Å². The van der Waals surface area contributed by atoms with E-state index in [0.29, 0.717) is 0 Å². The maximum Gasteiger partial charge on any atom is 0.347 e. The predicted octanol–water partition coefficient (Wildman–Crippen LogP) is 2.94. The van der Waals surface area contributed by atoms with Crippen molar-refractivity contribution in [2.45, 2.75) is 20.0 Å². The quantitative estimate of drug-likeness (QED) is 0.760. The molecule has 1 aromatic carbocycles. The van der Waals surface area contributed by atoms with Gasteiger partial charge in [-0.05, 0) is 13.8 Å². The van der Waals surface area contributed by atoms with Crippen LogP contribution in [-0.4, -0.2) is 18.7 Å². The standard InChI is InChI=1S/C13H14F2O3/c1-4-10-11(15)6-9(14)7-12(10)18-8(3)13(16)17-5-2/h4,6-8H,1,5H2,2-3H3. The highest BCUT2D eigenvalue weighted by Gasteiger charge is 2.19. The number of carbonyl (C=O) groups is 1. The van der Waals surface area contributed by atoms with Gasteiger partial charge >= 0.3 is 5.97 Å². The Morgan fingerprint density at radius 3 is 2.72 bits per heavy atom. The lowest BCUT2D eigenvalue weighted by Crippen LogP contribution is -2.26. The minimum absolute atomic E-state index is 0.00699. The average molecular weight is 256 g/mol. The van der Waals surface area contributed by atoms with Crippen LogP contribution in [0.4, 0.5) is 8.78 Å². The third-order valence-corrected chi connectivity index (χ3v) is 2.18. The predicted molar refractivity (Wildman–Crippen MR) is 63.2 cm³/mol. The summed E-state index contributed by atoms with van der Waals surface area (Å²) >= 11 is 0. The first-order chi connectivity index (χ1) is 8.49. The monoisotopic (exact) mass is 256 g/mol. The molecule has 1 unspecified atom stereocenters. The van der Waals surface area contributed by atoms with Crippen molar-refractivity contribution >= 4 is 12.0 Å². The smallest absolute Gasteiger partial charge is 0.347 e. The van der Waals surface area contributed by atoms with Crippen LogP contribution in [0, 0.1) is 11.6 Å². The Labute approximate surface area is 104 Å². The summed E-state index contributed by atoms with van der Waals surface area (Å²) in [5, 5.41) is 0. The molecule has 98 valence electrons. The van der Waals surface area contributed by atoms with Gasteiger partial charge in [0, 0.05) is 12.1 Å². The van der Waals surface area contributed by atoms with Gasteiger partial charge in [0.05, 0.1) is 12.2 Å². The largest absolute Gasteiger partial charge is 0.478 e. The van der Waals surface area contributed by atoms with Crippen LogP contribution in [0.5, 0.6) is 5.75 Å². The molecule has 0 radical (unpaired) electrons. The molecule has 0 saturated carbocycles. The van der Waals surface area contributed by atoms with E-state index in [1.807, 2.05) is 0 Å². The molecule has 3 nitrogen and oxygen atoms in total. The van der Waals surface area contributed by atoms with Crippen LogP contribution in [0.1, 0.15) is 19.4 Å². The van der Waals surface area contributed by atoms with Crippen LogP contribution in [0.3, 0.4) is 0 Å². The molecule has 0 spiro atoms. The summed E-state index contributed by atoms with van der Waals surface area (Å²) in [6.07, 6.45) is 0.243. The molecule has 0 aromatic heterocycles. The maximum absolute atomic E-state index is 13.4. The molecule has 0 heterocycles. The number of hydrogen-bond donors (Lipinski definition) is 0. The first kappa shape index (κ1) is 14.2. The molecule has 0 aliphatic heterocycles. The molecule has 1 rings (SSSR count). The van der Waals surface area contributed by atoms with Crippen LogP contribution in [-0.2, 0) is 9.53 Å². The molecule has 0 bridgehead atoms. The van der Waals surface area contributed by atoms with Crippen molar-refractivity contribution in [1.29, 1.82) is 0 Å². The number of rotatable bonds is 5. The minimum Gasteiger partial charge on any atom is -0.478 e. The van der Waals surface area contributed by atoms with E-state index < -0.39 is 23.7 Å². The molecule has 0 aliphatic carbocycles. The molecular weight excluding hydrogens is 242 g/mol. The van der Waals surface area contributed by atoms with Gasteiger partial charge in [-0.25, -0.2) is 13.6 Å². The highest BCUT2D eigenvalue weighted by Crippen LogP contribution is 2.25. The lowest BCUT2D eigenvalue weighted by Gasteiger charge is -2.15. The normalized spacial score (nSPS) is 11.8. The second kappa shape index (κ2) is 6.14. The van der Waals surface area contributed by atoms with E-state index in [9.17, 15) is 13.6 Å². The second-order valence-corrected chi connectivity index (χ2v) is 3.52. The molecule has 5 heteroatoms. The number of hydrogen-bond acceptors (Lipinski definition) is 3. The summed E-state index contributed by atoms with van der Waals surface area (Å²) in [7, 11) is 0. The van der Waals surface area contributed by atoms with Gasteiger partial charge in [0.25, 0.3) is 0 Å². The van der Waals surface area contributed by atoms with Crippen molar-refractivity contribution in [3.63, 3.8) is 0 Å². The zero-order valence-electron chi connectivity index (χ0n) is 10.2. The zero-order valence-corrected chi connectivity index (χ0v) is 10.2. The van der Waals surface area contributed by atoms with E-state index in [4.69, 9.17) is 9.47 Å². The third kappa shape index (κ3) is 3.29. The molecule has 0 N–H and O–H groups in total. The molecule has 1 aromatic rings. The summed E-state index contributed by atoms with van der Waals surface area (Å²) in [4.78, 5) is 11.4. The third-order valence-electron chi connectivity index (χ3n) is 2.18. The van der Waals surface area contributed by atoms with Gasteiger partial charge in [-0.3, -0.25) is 0 Å². The summed E-state index contributed by atoms with van der Waals surface area (Å²) in [5.41, 5.74) is 0.00699. The summed E-state index contributed by atoms with van der Waals surface area (Å²) < 4.78 is 36.4. The van der Waals surface area contributed by atoms with E-state index >= 15 is 0 Å². The van der Waals surface area contributed by atoms with Crippen molar-refractivity contribution in [2.24, 2.45) is 0 Å². The van der Waals surface area contributed by atoms with Crippen LogP contribution < -0.4 is 4.74 Å². The number of halogens is 2. The molecule has 1 atom stereocenters. The first-order valence-electron chi connectivity index (χ1n) is 5.44. The van der Waals surface area contributed by atoms with Gasteiger partial charge in [-0.2, -0.15) is 0 Å². The highest BCUT2D eigenvalue weighted by molar-refractivity contribution is 5.74. The number of ether oxygens (including phenoxy) is 2. The van der Waals surface area contributed by atoms with Crippen molar-refractivity contribution in [3.05, 3.63) is 35.9 Å². The Balaban J connectivity index is 2.96. The SMILES string of the molecule is C=Cc1c(F)cc(F)cc1OC(C)C(=O)OCC. The average Bonchev–Trinajstić information content (AvgIpc) is 2.28. The van der Waals surface area contributed by atoms with Gasteiger partial charge in [0.1, 0.15) is 17.4 Å². The Morgan fingerprint density at radius 1 is 1.50 bits per heavy atom. The molecular formula is C13H14F2O3. The Hall–Kier alpha value is -1.91. The van der Waals surface area contributed by atoms with Crippen molar-refractivity contribution < 1.29 is 23.0 Å². The first-order valence-corrected chi connectivity index (χ1v) is 5.44. The lowest BCUT2D eigenvalue weighted by atomic mass is 10.2. The number of esters is 1. The summed E-state index contributed by atoms with van der Waals surface area (Å²) in [6.45, 7) is 6.71. The Morgan fingerprint density at radius 2 is 2.17 bits per heavy atom. The fraction of sp³-hybridized carbons (Fsp3) is 0.308. The Bertz CT molecular complexity index is 458. The molecule has 0 fully saturated rings. The molecule has 0 aliphatic rings. The van der Waals surface area contributed by atoms with Crippen LogP contribution >= 0.6 is 0 Å². The van der Waals surface area contributed by atoms with E-state index in [2.05, 4.69) is 6.58 Å². The van der Waals surface area contributed by atoms with Crippen LogP contribution in [0.25, 0.3) is 6.08 Å². The fourth-order valence-electron chi connectivity index (χ4n) is 1.35. The van der Waals surface area contributed by atoms with Gasteiger partial charge in [0.15, 0.2) is 6.10 Å². The van der Waals surface area contributed by atoms with Crippen molar-refractivity contribution in [1.82, 2.24) is 0 Å². The van der Waals surface area contributed by atoms with Gasteiger partial charge in [-0.15, -0.1) is 0 Å². The minimum atomic E-state index is -0.954. The fourth-order valence-corrected chi connectivity index (χ4v) is 1.35. The van der Waals surface area contributed by atoms with Gasteiger partial charge < -0.3 is 9.47 Å². The van der Waals surface area contributed by atoms with E-state index in [-0.39, 0.29) is 17.9 Å². The lowest BCUT2D eigenvalue weighted by molar-refractivity contribution is -0.150. The van der Waals surface area contributed by atoms with E-state index in [1.165, 1.54) is 13.0 Å². The summed E-state index contributed by atoms with van der Waals surface area (Å²) in [5.74, 6) is -2.26. The number of benzene rings is 1. The number of carbonyl (C=O) groups excluding carboxylic acids is 1. The van der Waals surface area contributed by atoms with E-state index in [1.54, 1.807) is 6.92 Å². The van der Waals surface area contributed by atoms with Crippen molar-refractivity contribution in [2.75, 3.05) is 6.61 Å². The van der Waals surface area contributed by atoms with Crippen LogP contribution in [0.2, 0.25) is 0 Å². The highest BCUT2D eigenvalue weighted by atomic mass is 19.1. The zero-order chi connectivity index (χ0) is 13.7. The van der Waals surface area contributed by atoms with Crippen LogP contribution in [0.15, 0.2) is 18.7 Å². The van der Waals surface area contributed by atoms with Gasteiger partial charge in [-0.1, -0.05) is 12.7 Å². The van der Waals surface area contributed by atoms with Crippen molar-refractivity contribution in [3.8, 4) is 5.75 Å². The maximum atomic E-state index is 13.4. The second-order valence-electron chi connectivity index (χ2n) is 3.52. The van der Waals surface area contributed by atoms with Gasteiger partial charge in [0.2, 0.25) is 0 Å². The molecule has 0 amide bonds.